The van der Waals surface area contributed by atoms with Crippen LogP contribution in [-0.2, 0) is 4.79 Å². The van der Waals surface area contributed by atoms with Crippen LogP contribution in [0.2, 0.25) is 0 Å². The average molecular weight is 225 g/mol. The molecule has 0 radical (unpaired) electrons. The highest BCUT2D eigenvalue weighted by Crippen LogP contribution is 2.24. The average Bonchev–Trinajstić information content (AvgIpc) is 2.61. The van der Waals surface area contributed by atoms with E-state index in [1.165, 1.54) is 0 Å². The first-order chi connectivity index (χ1) is 7.43. The summed E-state index contributed by atoms with van der Waals surface area (Å²) in [5, 5.41) is 8.88. The molecule has 0 aliphatic carbocycles. The van der Waals surface area contributed by atoms with Gasteiger partial charge in [0.15, 0.2) is 0 Å². The minimum atomic E-state index is -0.834. The quantitative estimate of drug-likeness (QED) is 0.793. The van der Waals surface area contributed by atoms with Gasteiger partial charge in [-0.3, -0.25) is 4.79 Å². The number of aromatic nitrogens is 2. The molecule has 0 fully saturated rings. The van der Waals surface area contributed by atoms with Crippen molar-refractivity contribution < 1.29 is 9.90 Å². The van der Waals surface area contributed by atoms with Crippen molar-refractivity contribution in [1.82, 2.24) is 9.55 Å². The standard InChI is InChI=1S/C11H19N3O2/c1-7(2)14-6-13-5-10(14)9(8(3)12)4-11(15)16/h5-9H,4,12H2,1-3H3,(H,15,16). The SMILES string of the molecule is CC(N)C(CC(=O)O)c1cncn1C(C)C. The molecule has 1 heterocycles. The number of carboxylic acid groups (broad SMARTS) is 1. The molecule has 3 N–H and O–H groups in total. The Kier molecular flexibility index (Phi) is 4.06. The predicted octanol–water partition coefficient (Wildman–Crippen LogP) is 1.37. The monoisotopic (exact) mass is 225 g/mol. The Morgan fingerprint density at radius 2 is 2.19 bits per heavy atom. The van der Waals surface area contributed by atoms with Crippen LogP contribution >= 0.6 is 0 Å². The molecule has 5 heteroatoms. The van der Waals surface area contributed by atoms with Gasteiger partial charge in [0, 0.05) is 29.9 Å². The molecule has 0 bridgehead atoms. The molecule has 0 aliphatic heterocycles. The van der Waals surface area contributed by atoms with Crippen LogP contribution in [-0.4, -0.2) is 26.7 Å². The zero-order valence-electron chi connectivity index (χ0n) is 9.92. The number of hydrogen-bond acceptors (Lipinski definition) is 3. The lowest BCUT2D eigenvalue weighted by molar-refractivity contribution is -0.137. The Morgan fingerprint density at radius 1 is 1.56 bits per heavy atom. The smallest absolute Gasteiger partial charge is 0.304 e. The molecule has 0 aliphatic rings. The number of carbonyl (C=O) groups is 1. The van der Waals surface area contributed by atoms with Crippen LogP contribution in [0.5, 0.6) is 0 Å². The Morgan fingerprint density at radius 3 is 2.62 bits per heavy atom. The third-order valence-corrected chi connectivity index (χ3v) is 2.66. The van der Waals surface area contributed by atoms with Crippen LogP contribution < -0.4 is 5.73 Å². The van der Waals surface area contributed by atoms with E-state index in [1.807, 2.05) is 25.3 Å². The highest BCUT2D eigenvalue weighted by Gasteiger charge is 2.23. The fraction of sp³-hybridized carbons (Fsp3) is 0.636. The molecule has 5 nitrogen and oxygen atoms in total. The zero-order chi connectivity index (χ0) is 12.3. The zero-order valence-corrected chi connectivity index (χ0v) is 9.92. The summed E-state index contributed by atoms with van der Waals surface area (Å²) in [7, 11) is 0. The van der Waals surface area contributed by atoms with Crippen molar-refractivity contribution in [2.45, 2.75) is 45.2 Å². The third kappa shape index (κ3) is 2.82. The molecule has 0 saturated carbocycles. The van der Waals surface area contributed by atoms with Gasteiger partial charge in [-0.1, -0.05) is 0 Å². The first-order valence-electron chi connectivity index (χ1n) is 5.42. The Balaban J connectivity index is 3.01. The van der Waals surface area contributed by atoms with Gasteiger partial charge in [0.2, 0.25) is 0 Å². The Bertz CT molecular complexity index is 358. The second kappa shape index (κ2) is 5.12. The minimum Gasteiger partial charge on any atom is -0.481 e. The van der Waals surface area contributed by atoms with Crippen molar-refractivity contribution >= 4 is 5.97 Å². The molecular weight excluding hydrogens is 206 g/mol. The van der Waals surface area contributed by atoms with Gasteiger partial charge in [0.25, 0.3) is 0 Å². The summed E-state index contributed by atoms with van der Waals surface area (Å²) in [6.07, 6.45) is 3.46. The predicted molar refractivity (Wildman–Crippen MR) is 61.3 cm³/mol. The van der Waals surface area contributed by atoms with Gasteiger partial charge in [-0.05, 0) is 20.8 Å². The van der Waals surface area contributed by atoms with Crippen molar-refractivity contribution in [3.05, 3.63) is 18.2 Å². The van der Waals surface area contributed by atoms with Crippen LogP contribution in [0.4, 0.5) is 0 Å². The van der Waals surface area contributed by atoms with E-state index in [0.717, 1.165) is 5.69 Å². The Hall–Kier alpha value is -1.36. The van der Waals surface area contributed by atoms with Crippen LogP contribution in [0, 0.1) is 0 Å². The van der Waals surface area contributed by atoms with E-state index >= 15 is 0 Å². The van der Waals surface area contributed by atoms with Crippen LogP contribution in [0.3, 0.4) is 0 Å². The summed E-state index contributed by atoms with van der Waals surface area (Å²) in [5.41, 5.74) is 6.74. The molecule has 0 spiro atoms. The molecule has 1 aromatic rings. The van der Waals surface area contributed by atoms with Gasteiger partial charge in [-0.2, -0.15) is 0 Å². The lowest BCUT2D eigenvalue weighted by atomic mass is 9.94. The third-order valence-electron chi connectivity index (χ3n) is 2.66. The number of rotatable bonds is 5. The maximum absolute atomic E-state index is 10.8. The van der Waals surface area contributed by atoms with E-state index in [9.17, 15) is 4.79 Å². The van der Waals surface area contributed by atoms with Crippen molar-refractivity contribution in [3.63, 3.8) is 0 Å². The summed E-state index contributed by atoms with van der Waals surface area (Å²) in [6.45, 7) is 5.89. The molecule has 2 unspecified atom stereocenters. The second-order valence-electron chi connectivity index (χ2n) is 4.38. The van der Waals surface area contributed by atoms with Gasteiger partial charge in [0.05, 0.1) is 12.7 Å². The lowest BCUT2D eigenvalue weighted by Gasteiger charge is -2.22. The fourth-order valence-electron chi connectivity index (χ4n) is 1.78. The van der Waals surface area contributed by atoms with Crippen LogP contribution in [0.25, 0.3) is 0 Å². The summed E-state index contributed by atoms with van der Waals surface area (Å²) in [5.74, 6) is -1.03. The number of hydrogen-bond donors (Lipinski definition) is 2. The largest absolute Gasteiger partial charge is 0.481 e. The van der Waals surface area contributed by atoms with Gasteiger partial charge in [-0.15, -0.1) is 0 Å². The lowest BCUT2D eigenvalue weighted by Crippen LogP contribution is -2.28. The van der Waals surface area contributed by atoms with Gasteiger partial charge >= 0.3 is 5.97 Å². The number of nitrogens with zero attached hydrogens (tertiary/aromatic N) is 2. The van der Waals surface area contributed by atoms with Crippen molar-refractivity contribution in [1.29, 1.82) is 0 Å². The maximum atomic E-state index is 10.8. The van der Waals surface area contributed by atoms with Crippen molar-refractivity contribution in [2.75, 3.05) is 0 Å². The van der Waals surface area contributed by atoms with Gasteiger partial charge < -0.3 is 15.4 Å². The molecule has 2 atom stereocenters. The van der Waals surface area contributed by atoms with Gasteiger partial charge in [-0.25, -0.2) is 4.98 Å². The van der Waals surface area contributed by atoms with E-state index < -0.39 is 5.97 Å². The molecule has 1 rings (SSSR count). The second-order valence-corrected chi connectivity index (χ2v) is 4.38. The van der Waals surface area contributed by atoms with Gasteiger partial charge in [0.1, 0.15) is 0 Å². The molecule has 1 aromatic heterocycles. The normalized spacial score (nSPS) is 15.1. The number of nitrogens with two attached hydrogens (primary N) is 1. The number of imidazole rings is 1. The summed E-state index contributed by atoms with van der Waals surface area (Å²) >= 11 is 0. The first kappa shape index (κ1) is 12.7. The Labute approximate surface area is 95.3 Å². The first-order valence-corrected chi connectivity index (χ1v) is 5.42. The van der Waals surface area contributed by atoms with Crippen LogP contribution in [0.1, 0.15) is 44.8 Å². The highest BCUT2D eigenvalue weighted by molar-refractivity contribution is 5.68. The molecule has 0 aromatic carbocycles. The van der Waals surface area contributed by atoms with E-state index in [0.29, 0.717) is 0 Å². The highest BCUT2D eigenvalue weighted by atomic mass is 16.4. The fourth-order valence-corrected chi connectivity index (χ4v) is 1.78. The van der Waals surface area contributed by atoms with E-state index in [2.05, 4.69) is 4.98 Å². The number of aliphatic carboxylic acids is 1. The summed E-state index contributed by atoms with van der Waals surface area (Å²) < 4.78 is 1.97. The maximum Gasteiger partial charge on any atom is 0.304 e. The van der Waals surface area contributed by atoms with Crippen molar-refractivity contribution in [2.24, 2.45) is 5.73 Å². The van der Waals surface area contributed by atoms with E-state index in [-0.39, 0.29) is 24.4 Å². The molecule has 0 saturated heterocycles. The summed E-state index contributed by atoms with van der Waals surface area (Å²) in [4.78, 5) is 14.9. The molecule has 90 valence electrons. The topological polar surface area (TPSA) is 81.1 Å². The van der Waals surface area contributed by atoms with Crippen molar-refractivity contribution in [3.8, 4) is 0 Å². The number of carboxylic acids is 1. The minimum absolute atomic E-state index is 0.0378. The van der Waals surface area contributed by atoms with Crippen LogP contribution in [0.15, 0.2) is 12.5 Å². The molecule has 16 heavy (non-hydrogen) atoms. The molecular formula is C11H19N3O2. The van der Waals surface area contributed by atoms with E-state index in [4.69, 9.17) is 10.8 Å². The summed E-state index contributed by atoms with van der Waals surface area (Å²) in [6, 6.07) is 0.0536. The van der Waals surface area contributed by atoms with E-state index in [1.54, 1.807) is 12.5 Å². The molecule has 0 amide bonds.